The Morgan fingerprint density at radius 2 is 2.14 bits per heavy atom. The van der Waals surface area contributed by atoms with Crippen LogP contribution in [0.1, 0.15) is 63.8 Å². The van der Waals surface area contributed by atoms with Gasteiger partial charge in [-0.25, -0.2) is 0 Å². The molecule has 7 heteroatoms. The monoisotopic (exact) mass is 388 g/mol. The van der Waals surface area contributed by atoms with E-state index in [1.807, 2.05) is 0 Å². The Hall–Kier alpha value is -1.89. The van der Waals surface area contributed by atoms with Gasteiger partial charge in [-0.3, -0.25) is 14.5 Å². The van der Waals surface area contributed by atoms with Crippen LogP contribution >= 0.6 is 0 Å². The van der Waals surface area contributed by atoms with Gasteiger partial charge in [0.2, 0.25) is 11.8 Å². The van der Waals surface area contributed by atoms with E-state index in [9.17, 15) is 9.59 Å². The van der Waals surface area contributed by atoms with Crippen LogP contribution in [0.4, 0.5) is 0 Å². The van der Waals surface area contributed by atoms with E-state index in [4.69, 9.17) is 4.52 Å². The Labute approximate surface area is 166 Å². The lowest BCUT2D eigenvalue weighted by Gasteiger charge is -2.56. The van der Waals surface area contributed by atoms with Crippen LogP contribution < -0.4 is 5.32 Å². The van der Waals surface area contributed by atoms with Gasteiger partial charge in [0.25, 0.3) is 0 Å². The Kier molecular flexibility index (Phi) is 5.45. The highest BCUT2D eigenvalue weighted by molar-refractivity contribution is 5.78. The molecule has 0 unspecified atom stereocenters. The zero-order chi connectivity index (χ0) is 19.8. The van der Waals surface area contributed by atoms with Crippen molar-refractivity contribution < 1.29 is 14.1 Å². The van der Waals surface area contributed by atoms with Crippen LogP contribution in [0.3, 0.4) is 0 Å². The molecule has 0 aliphatic carbocycles. The molecular formula is C21H32N4O3. The van der Waals surface area contributed by atoms with Crippen molar-refractivity contribution in [3.63, 3.8) is 0 Å². The second kappa shape index (κ2) is 7.85. The fourth-order valence-electron chi connectivity index (χ4n) is 5.42. The lowest BCUT2D eigenvalue weighted by atomic mass is 9.72. The molecule has 0 radical (unpaired) electrons. The van der Waals surface area contributed by atoms with Gasteiger partial charge in [-0.2, -0.15) is 0 Å². The van der Waals surface area contributed by atoms with E-state index in [1.165, 1.54) is 0 Å². The molecule has 2 bridgehead atoms. The van der Waals surface area contributed by atoms with E-state index in [-0.39, 0.29) is 17.9 Å². The molecule has 0 spiro atoms. The van der Waals surface area contributed by atoms with Gasteiger partial charge < -0.3 is 14.7 Å². The van der Waals surface area contributed by atoms with Gasteiger partial charge in [-0.05, 0) is 31.1 Å². The molecule has 3 saturated heterocycles. The summed E-state index contributed by atoms with van der Waals surface area (Å²) in [5.41, 5.74) is 0.985. The van der Waals surface area contributed by atoms with E-state index in [1.54, 1.807) is 6.92 Å². The minimum atomic E-state index is -0.0281. The number of likely N-dealkylation sites (tertiary alicyclic amines) is 1. The van der Waals surface area contributed by atoms with Crippen molar-refractivity contribution in [2.75, 3.05) is 19.6 Å². The average molecular weight is 389 g/mol. The van der Waals surface area contributed by atoms with Gasteiger partial charge in [0, 0.05) is 57.5 Å². The Bertz CT molecular complexity index is 731. The number of carbonyl (C=O) groups excluding carboxylic acids is 2. The molecule has 1 aromatic rings. The first kappa shape index (κ1) is 19.4. The van der Waals surface area contributed by atoms with Crippen LogP contribution in [-0.2, 0) is 16.1 Å². The first-order chi connectivity index (χ1) is 13.4. The third-order valence-corrected chi connectivity index (χ3v) is 6.66. The Balaban J connectivity index is 1.51. The topological polar surface area (TPSA) is 78.7 Å². The SMILES string of the molecule is CC(=O)NC[C@H]1[C@H]2C[C@H](CN(Cc3cc(C(C)C)on3)C2)[C@@H]2CCCC(=O)N21. The van der Waals surface area contributed by atoms with Crippen LogP contribution in [0.25, 0.3) is 0 Å². The van der Waals surface area contributed by atoms with Crippen molar-refractivity contribution in [2.24, 2.45) is 11.8 Å². The minimum Gasteiger partial charge on any atom is -0.361 e. The zero-order valence-electron chi connectivity index (χ0n) is 17.2. The highest BCUT2D eigenvalue weighted by atomic mass is 16.5. The summed E-state index contributed by atoms with van der Waals surface area (Å²) in [6.45, 7) is 9.04. The van der Waals surface area contributed by atoms with Crippen LogP contribution in [-0.4, -0.2) is 58.5 Å². The van der Waals surface area contributed by atoms with Crippen molar-refractivity contribution in [1.82, 2.24) is 20.3 Å². The van der Waals surface area contributed by atoms with Gasteiger partial charge in [0.05, 0.1) is 11.7 Å². The lowest BCUT2D eigenvalue weighted by molar-refractivity contribution is -0.153. The molecule has 3 fully saturated rings. The summed E-state index contributed by atoms with van der Waals surface area (Å²) in [6, 6.07) is 2.48. The summed E-state index contributed by atoms with van der Waals surface area (Å²) in [5.74, 6) is 2.41. The summed E-state index contributed by atoms with van der Waals surface area (Å²) in [7, 11) is 0. The number of hydrogen-bond donors (Lipinski definition) is 1. The molecule has 0 aromatic carbocycles. The van der Waals surface area contributed by atoms with E-state index in [0.717, 1.165) is 50.4 Å². The average Bonchev–Trinajstić information content (AvgIpc) is 3.10. The van der Waals surface area contributed by atoms with Gasteiger partial charge >= 0.3 is 0 Å². The van der Waals surface area contributed by atoms with E-state index in [0.29, 0.717) is 36.8 Å². The van der Waals surface area contributed by atoms with Crippen molar-refractivity contribution >= 4 is 11.8 Å². The molecule has 1 N–H and O–H groups in total. The van der Waals surface area contributed by atoms with Crippen molar-refractivity contribution in [3.05, 3.63) is 17.5 Å². The van der Waals surface area contributed by atoms with Gasteiger partial charge in [0.1, 0.15) is 5.76 Å². The number of rotatable bonds is 5. The predicted molar refractivity (Wildman–Crippen MR) is 104 cm³/mol. The lowest BCUT2D eigenvalue weighted by Crippen LogP contribution is -2.66. The molecular weight excluding hydrogens is 356 g/mol. The highest BCUT2D eigenvalue weighted by Crippen LogP contribution is 2.41. The number of piperidine rings is 3. The molecule has 4 rings (SSSR count). The largest absolute Gasteiger partial charge is 0.361 e. The third-order valence-electron chi connectivity index (χ3n) is 6.66. The highest BCUT2D eigenvalue weighted by Gasteiger charge is 2.49. The summed E-state index contributed by atoms with van der Waals surface area (Å²) in [5, 5.41) is 7.23. The maximum Gasteiger partial charge on any atom is 0.223 e. The molecule has 1 aromatic heterocycles. The second-order valence-corrected chi connectivity index (χ2v) is 9.09. The Morgan fingerprint density at radius 3 is 2.86 bits per heavy atom. The van der Waals surface area contributed by atoms with Crippen LogP contribution in [0.5, 0.6) is 0 Å². The number of carbonyl (C=O) groups is 2. The zero-order valence-corrected chi connectivity index (χ0v) is 17.2. The number of hydrogen-bond acceptors (Lipinski definition) is 5. The fraction of sp³-hybridized carbons (Fsp3) is 0.762. The smallest absolute Gasteiger partial charge is 0.223 e. The number of nitrogens with zero attached hydrogens (tertiary/aromatic N) is 3. The maximum absolute atomic E-state index is 12.7. The van der Waals surface area contributed by atoms with Gasteiger partial charge in [0.15, 0.2) is 0 Å². The molecule has 3 aliphatic heterocycles. The third kappa shape index (κ3) is 3.81. The quantitative estimate of drug-likeness (QED) is 0.836. The number of amides is 2. The first-order valence-corrected chi connectivity index (χ1v) is 10.7. The molecule has 28 heavy (non-hydrogen) atoms. The van der Waals surface area contributed by atoms with Crippen molar-refractivity contribution in [2.45, 2.75) is 71.0 Å². The molecule has 4 atom stereocenters. The predicted octanol–water partition coefficient (Wildman–Crippen LogP) is 2.14. The van der Waals surface area contributed by atoms with Gasteiger partial charge in [-0.15, -0.1) is 0 Å². The normalized spacial score (nSPS) is 30.4. The minimum absolute atomic E-state index is 0.0281. The summed E-state index contributed by atoms with van der Waals surface area (Å²) >= 11 is 0. The summed E-state index contributed by atoms with van der Waals surface area (Å²) < 4.78 is 5.47. The summed E-state index contributed by atoms with van der Waals surface area (Å²) in [4.78, 5) is 28.9. The number of fused-ring (bicyclic) bond motifs is 4. The summed E-state index contributed by atoms with van der Waals surface area (Å²) in [6.07, 6.45) is 3.85. The van der Waals surface area contributed by atoms with E-state index < -0.39 is 0 Å². The molecule has 0 saturated carbocycles. The standard InChI is InChI=1S/C21H32N4O3/c1-13(2)20-8-17(23-28-20)12-24-10-15-7-16(11-24)19(9-22-14(3)26)25-18(15)5-4-6-21(25)27/h8,13,15-16,18-19H,4-7,9-12H2,1-3H3,(H,22,26)/t15-,16+,18+,19+/m1/s1. The second-order valence-electron chi connectivity index (χ2n) is 9.09. The van der Waals surface area contributed by atoms with Crippen LogP contribution in [0, 0.1) is 11.8 Å². The molecule has 4 heterocycles. The molecule has 154 valence electrons. The van der Waals surface area contributed by atoms with Crippen molar-refractivity contribution in [3.8, 4) is 0 Å². The van der Waals surface area contributed by atoms with E-state index in [2.05, 4.69) is 40.2 Å². The molecule has 2 amide bonds. The number of nitrogens with one attached hydrogen (secondary N) is 1. The van der Waals surface area contributed by atoms with E-state index >= 15 is 0 Å². The molecule has 3 aliphatic rings. The van der Waals surface area contributed by atoms with Crippen LogP contribution in [0.2, 0.25) is 0 Å². The number of aromatic nitrogens is 1. The van der Waals surface area contributed by atoms with Crippen LogP contribution in [0.15, 0.2) is 10.6 Å². The maximum atomic E-state index is 12.7. The molecule has 7 nitrogen and oxygen atoms in total. The first-order valence-electron chi connectivity index (χ1n) is 10.7. The Morgan fingerprint density at radius 1 is 1.36 bits per heavy atom. The van der Waals surface area contributed by atoms with Crippen molar-refractivity contribution in [1.29, 1.82) is 0 Å². The fourth-order valence-corrected chi connectivity index (χ4v) is 5.42. The van der Waals surface area contributed by atoms with Gasteiger partial charge in [-0.1, -0.05) is 19.0 Å².